The highest BCUT2D eigenvalue weighted by molar-refractivity contribution is 9.10. The highest BCUT2D eigenvalue weighted by Crippen LogP contribution is 2.32. The van der Waals surface area contributed by atoms with Gasteiger partial charge in [-0.3, -0.25) is 0 Å². The van der Waals surface area contributed by atoms with Gasteiger partial charge in [0, 0.05) is 21.2 Å². The molecule has 0 heterocycles. The van der Waals surface area contributed by atoms with E-state index in [2.05, 4.69) is 22.9 Å². The molecule has 2 N–H and O–H groups in total. The molecule has 0 saturated heterocycles. The zero-order chi connectivity index (χ0) is 11.3. The summed E-state index contributed by atoms with van der Waals surface area (Å²) in [6.45, 7) is 2.38. The number of benzene rings is 1. The van der Waals surface area contributed by atoms with E-state index >= 15 is 0 Å². The van der Waals surface area contributed by atoms with E-state index in [1.54, 1.807) is 11.8 Å². The van der Waals surface area contributed by atoms with Crippen molar-refractivity contribution in [3.8, 4) is 0 Å². The molecule has 1 aromatic carbocycles. The monoisotopic (exact) mass is 290 g/mol. The summed E-state index contributed by atoms with van der Waals surface area (Å²) in [6.07, 6.45) is 0.791. The van der Waals surface area contributed by atoms with Crippen molar-refractivity contribution in [1.29, 1.82) is 0 Å². The van der Waals surface area contributed by atoms with E-state index < -0.39 is 0 Å². The second-order valence-corrected chi connectivity index (χ2v) is 5.70. The highest BCUT2D eigenvalue weighted by atomic mass is 79.9. The Hall–Kier alpha value is -0.0300. The predicted molar refractivity (Wildman–Crippen MR) is 67.1 cm³/mol. The van der Waals surface area contributed by atoms with Crippen LogP contribution in [0.2, 0.25) is 0 Å². The van der Waals surface area contributed by atoms with Crippen molar-refractivity contribution in [3.63, 3.8) is 0 Å². The summed E-state index contributed by atoms with van der Waals surface area (Å²) in [4.78, 5) is 1.15. The molecular weight excluding hydrogens is 276 g/mol. The Morgan fingerprint density at radius 1 is 1.40 bits per heavy atom. The van der Waals surface area contributed by atoms with Crippen LogP contribution in [0.5, 0.6) is 0 Å². The van der Waals surface area contributed by atoms with Crippen molar-refractivity contribution in [3.05, 3.63) is 28.2 Å². The van der Waals surface area contributed by atoms with Gasteiger partial charge in [-0.05, 0) is 40.0 Å². The molecule has 1 rings (SSSR count). The van der Waals surface area contributed by atoms with Gasteiger partial charge in [-0.15, -0.1) is 11.8 Å². The average Bonchev–Trinajstić information content (AvgIpc) is 2.21. The first kappa shape index (κ1) is 13.0. The number of hydrogen-bond acceptors (Lipinski definition) is 3. The van der Waals surface area contributed by atoms with Crippen LogP contribution < -0.4 is 0 Å². The summed E-state index contributed by atoms with van der Waals surface area (Å²) in [6, 6.07) is 5.83. The number of aliphatic hydroxyl groups excluding tert-OH is 2. The van der Waals surface area contributed by atoms with E-state index in [0.29, 0.717) is 5.25 Å². The Labute approximate surface area is 103 Å². The maximum atomic E-state index is 8.96. The van der Waals surface area contributed by atoms with Crippen molar-refractivity contribution in [2.24, 2.45) is 0 Å². The van der Waals surface area contributed by atoms with Gasteiger partial charge in [-0.25, -0.2) is 0 Å². The van der Waals surface area contributed by atoms with E-state index in [1.165, 1.54) is 0 Å². The first-order valence-electron chi connectivity index (χ1n) is 4.84. The lowest BCUT2D eigenvalue weighted by Crippen LogP contribution is -1.99. The van der Waals surface area contributed by atoms with Crippen LogP contribution in [0.15, 0.2) is 27.6 Å². The number of rotatable bonds is 5. The normalized spacial score (nSPS) is 12.8. The van der Waals surface area contributed by atoms with Crippen LogP contribution in [0.4, 0.5) is 0 Å². The predicted octanol–water partition coefficient (Wildman–Crippen LogP) is 2.80. The summed E-state index contributed by atoms with van der Waals surface area (Å²) >= 11 is 5.20. The molecule has 15 heavy (non-hydrogen) atoms. The minimum Gasteiger partial charge on any atom is -0.396 e. The molecule has 0 bridgehead atoms. The molecule has 0 saturated carbocycles. The minimum absolute atomic E-state index is 0.0652. The average molecular weight is 291 g/mol. The van der Waals surface area contributed by atoms with Gasteiger partial charge < -0.3 is 10.2 Å². The van der Waals surface area contributed by atoms with Crippen LogP contribution in [0.1, 0.15) is 18.9 Å². The van der Waals surface area contributed by atoms with Gasteiger partial charge in [-0.1, -0.05) is 13.0 Å². The SMILES string of the molecule is CC(CCO)Sc1ccc(CO)cc1Br. The van der Waals surface area contributed by atoms with Gasteiger partial charge in [0.1, 0.15) is 0 Å². The van der Waals surface area contributed by atoms with Crippen LogP contribution in [-0.2, 0) is 6.61 Å². The highest BCUT2D eigenvalue weighted by Gasteiger charge is 2.07. The Balaban J connectivity index is 2.69. The van der Waals surface area contributed by atoms with Crippen molar-refractivity contribution in [2.75, 3.05) is 6.61 Å². The first-order chi connectivity index (χ1) is 7.17. The van der Waals surface area contributed by atoms with Crippen molar-refractivity contribution >= 4 is 27.7 Å². The quantitative estimate of drug-likeness (QED) is 0.820. The number of aliphatic hydroxyl groups is 2. The molecule has 0 aromatic heterocycles. The van der Waals surface area contributed by atoms with Gasteiger partial charge in [-0.2, -0.15) is 0 Å². The molecular formula is C11H15BrO2S. The second-order valence-electron chi connectivity index (χ2n) is 3.36. The molecule has 1 atom stereocenters. The lowest BCUT2D eigenvalue weighted by atomic mass is 10.2. The third-order valence-electron chi connectivity index (χ3n) is 2.04. The van der Waals surface area contributed by atoms with Gasteiger partial charge in [0.05, 0.1) is 6.61 Å². The number of halogens is 1. The van der Waals surface area contributed by atoms with Crippen molar-refractivity contribution in [2.45, 2.75) is 30.1 Å². The van der Waals surface area contributed by atoms with E-state index in [4.69, 9.17) is 10.2 Å². The Morgan fingerprint density at radius 3 is 2.67 bits per heavy atom. The first-order valence-corrected chi connectivity index (χ1v) is 6.51. The van der Waals surface area contributed by atoms with Crippen LogP contribution in [0, 0.1) is 0 Å². The molecule has 84 valence electrons. The van der Waals surface area contributed by atoms with Crippen LogP contribution >= 0.6 is 27.7 Å². The molecule has 0 radical (unpaired) electrons. The van der Waals surface area contributed by atoms with Crippen LogP contribution in [0.3, 0.4) is 0 Å². The molecule has 0 fully saturated rings. The fourth-order valence-corrected chi connectivity index (χ4v) is 2.88. The van der Waals surface area contributed by atoms with Gasteiger partial charge in [0.15, 0.2) is 0 Å². The van der Waals surface area contributed by atoms with E-state index in [0.717, 1.165) is 21.4 Å². The molecule has 2 nitrogen and oxygen atoms in total. The van der Waals surface area contributed by atoms with Crippen molar-refractivity contribution in [1.82, 2.24) is 0 Å². The zero-order valence-electron chi connectivity index (χ0n) is 8.61. The fraction of sp³-hybridized carbons (Fsp3) is 0.455. The van der Waals surface area contributed by atoms with Gasteiger partial charge >= 0.3 is 0 Å². The van der Waals surface area contributed by atoms with Crippen LogP contribution in [-0.4, -0.2) is 22.1 Å². The molecule has 0 aliphatic rings. The Kier molecular flexibility index (Phi) is 5.68. The zero-order valence-corrected chi connectivity index (χ0v) is 11.0. The van der Waals surface area contributed by atoms with E-state index in [9.17, 15) is 0 Å². The minimum atomic E-state index is 0.0652. The number of thioether (sulfide) groups is 1. The molecule has 0 aliphatic heterocycles. The van der Waals surface area contributed by atoms with E-state index in [-0.39, 0.29) is 13.2 Å². The lowest BCUT2D eigenvalue weighted by Gasteiger charge is -2.11. The lowest BCUT2D eigenvalue weighted by molar-refractivity contribution is 0.281. The summed E-state index contributed by atoms with van der Waals surface area (Å²) in [5, 5.41) is 18.2. The third-order valence-corrected chi connectivity index (χ3v) is 4.21. The Morgan fingerprint density at radius 2 is 2.13 bits per heavy atom. The molecule has 0 spiro atoms. The third kappa shape index (κ3) is 4.15. The molecule has 1 aromatic rings. The Bertz CT molecular complexity index is 317. The fourth-order valence-electron chi connectivity index (χ4n) is 1.20. The summed E-state index contributed by atoms with van der Waals surface area (Å²) in [5.41, 5.74) is 0.904. The van der Waals surface area contributed by atoms with E-state index in [1.807, 2.05) is 18.2 Å². The maximum absolute atomic E-state index is 8.96. The molecule has 4 heteroatoms. The summed E-state index contributed by atoms with van der Waals surface area (Å²) < 4.78 is 1.00. The molecule has 1 unspecified atom stereocenters. The standard InChI is InChI=1S/C11H15BrO2S/c1-8(4-5-13)15-11-3-2-9(7-14)6-10(11)12/h2-3,6,8,13-14H,4-5,7H2,1H3. The van der Waals surface area contributed by atoms with Crippen molar-refractivity contribution < 1.29 is 10.2 Å². The van der Waals surface area contributed by atoms with Gasteiger partial charge in [0.2, 0.25) is 0 Å². The molecule has 0 amide bonds. The maximum Gasteiger partial charge on any atom is 0.0682 e. The largest absolute Gasteiger partial charge is 0.396 e. The summed E-state index contributed by atoms with van der Waals surface area (Å²) in [5.74, 6) is 0. The smallest absolute Gasteiger partial charge is 0.0682 e. The second kappa shape index (κ2) is 6.53. The molecule has 0 aliphatic carbocycles. The number of hydrogen-bond donors (Lipinski definition) is 2. The summed E-state index contributed by atoms with van der Waals surface area (Å²) in [7, 11) is 0. The van der Waals surface area contributed by atoms with Gasteiger partial charge in [0.25, 0.3) is 0 Å². The topological polar surface area (TPSA) is 40.5 Å². The van der Waals surface area contributed by atoms with Crippen LogP contribution in [0.25, 0.3) is 0 Å².